The SMILES string of the molecule is CCC(COC)NCC(O)COc1ccccc1C#N. The van der Waals surface area contributed by atoms with Gasteiger partial charge in [-0.1, -0.05) is 19.1 Å². The summed E-state index contributed by atoms with van der Waals surface area (Å²) in [5.74, 6) is 0.498. The minimum atomic E-state index is -0.632. The lowest BCUT2D eigenvalue weighted by atomic mass is 10.2. The quantitative estimate of drug-likeness (QED) is 0.712. The Balaban J connectivity index is 2.36. The Morgan fingerprint density at radius 1 is 1.35 bits per heavy atom. The van der Waals surface area contributed by atoms with E-state index in [2.05, 4.69) is 18.3 Å². The second kappa shape index (κ2) is 9.32. The number of nitrogens with zero attached hydrogens (tertiary/aromatic N) is 1. The normalized spacial score (nSPS) is 13.5. The topological polar surface area (TPSA) is 74.5 Å². The lowest BCUT2D eigenvalue weighted by Gasteiger charge is -2.19. The highest BCUT2D eigenvalue weighted by Crippen LogP contribution is 2.16. The molecule has 5 heteroatoms. The summed E-state index contributed by atoms with van der Waals surface area (Å²) < 4.78 is 10.5. The first-order valence-corrected chi connectivity index (χ1v) is 6.73. The number of aliphatic hydroxyl groups excluding tert-OH is 1. The van der Waals surface area contributed by atoms with Crippen molar-refractivity contribution in [2.24, 2.45) is 0 Å². The average Bonchev–Trinajstić information content (AvgIpc) is 2.49. The van der Waals surface area contributed by atoms with Gasteiger partial charge in [0.2, 0.25) is 0 Å². The summed E-state index contributed by atoms with van der Waals surface area (Å²) in [5.41, 5.74) is 0.471. The molecule has 0 aliphatic heterocycles. The van der Waals surface area contributed by atoms with Crippen LogP contribution in [0.25, 0.3) is 0 Å². The zero-order valence-corrected chi connectivity index (χ0v) is 12.0. The molecule has 0 aliphatic rings. The van der Waals surface area contributed by atoms with Crippen LogP contribution in [0.5, 0.6) is 5.75 Å². The van der Waals surface area contributed by atoms with Gasteiger partial charge >= 0.3 is 0 Å². The molecule has 0 saturated carbocycles. The minimum absolute atomic E-state index is 0.148. The van der Waals surface area contributed by atoms with Crippen LogP contribution in [0, 0.1) is 11.3 Å². The molecule has 2 N–H and O–H groups in total. The molecular formula is C15H22N2O3. The number of hydrogen-bond acceptors (Lipinski definition) is 5. The van der Waals surface area contributed by atoms with Gasteiger partial charge in [-0.2, -0.15) is 5.26 Å². The third kappa shape index (κ3) is 5.57. The summed E-state index contributed by atoms with van der Waals surface area (Å²) in [4.78, 5) is 0. The Bertz CT molecular complexity index is 431. The van der Waals surface area contributed by atoms with E-state index < -0.39 is 6.10 Å². The number of methoxy groups -OCH3 is 1. The molecule has 0 heterocycles. The van der Waals surface area contributed by atoms with E-state index >= 15 is 0 Å². The second-order valence-electron chi connectivity index (χ2n) is 4.54. The molecule has 20 heavy (non-hydrogen) atoms. The van der Waals surface area contributed by atoms with Gasteiger partial charge in [-0.15, -0.1) is 0 Å². The van der Waals surface area contributed by atoms with E-state index in [1.165, 1.54) is 0 Å². The van der Waals surface area contributed by atoms with Crippen molar-refractivity contribution in [3.8, 4) is 11.8 Å². The van der Waals surface area contributed by atoms with Gasteiger partial charge < -0.3 is 19.9 Å². The van der Waals surface area contributed by atoms with E-state index in [-0.39, 0.29) is 12.6 Å². The maximum atomic E-state index is 9.88. The lowest BCUT2D eigenvalue weighted by Crippen LogP contribution is -2.40. The van der Waals surface area contributed by atoms with Crippen LogP contribution in [0.4, 0.5) is 0 Å². The van der Waals surface area contributed by atoms with Crippen molar-refractivity contribution in [3.63, 3.8) is 0 Å². The van der Waals surface area contributed by atoms with Crippen molar-refractivity contribution in [1.82, 2.24) is 5.32 Å². The number of rotatable bonds is 9. The highest BCUT2D eigenvalue weighted by Gasteiger charge is 2.11. The van der Waals surface area contributed by atoms with Crippen LogP contribution < -0.4 is 10.1 Å². The van der Waals surface area contributed by atoms with Crippen molar-refractivity contribution < 1.29 is 14.6 Å². The molecule has 0 radical (unpaired) electrons. The Morgan fingerprint density at radius 3 is 2.75 bits per heavy atom. The monoisotopic (exact) mass is 278 g/mol. The van der Waals surface area contributed by atoms with Crippen LogP contribution in [0.2, 0.25) is 0 Å². The summed E-state index contributed by atoms with van der Waals surface area (Å²) in [7, 11) is 1.66. The molecule has 110 valence electrons. The van der Waals surface area contributed by atoms with Crippen LogP contribution in [0.3, 0.4) is 0 Å². The summed E-state index contributed by atoms with van der Waals surface area (Å²) >= 11 is 0. The van der Waals surface area contributed by atoms with Crippen LogP contribution in [-0.4, -0.2) is 44.1 Å². The molecular weight excluding hydrogens is 256 g/mol. The molecule has 1 aromatic rings. The number of para-hydroxylation sites is 1. The molecule has 1 aromatic carbocycles. The Kier molecular flexibility index (Phi) is 7.66. The highest BCUT2D eigenvalue weighted by atomic mass is 16.5. The molecule has 2 atom stereocenters. The number of nitriles is 1. The highest BCUT2D eigenvalue weighted by molar-refractivity contribution is 5.42. The van der Waals surface area contributed by atoms with Crippen molar-refractivity contribution >= 4 is 0 Å². The second-order valence-corrected chi connectivity index (χ2v) is 4.54. The summed E-state index contributed by atoms with van der Waals surface area (Å²) in [6.07, 6.45) is 0.297. The maximum Gasteiger partial charge on any atom is 0.137 e. The van der Waals surface area contributed by atoms with Crippen LogP contribution in [0.15, 0.2) is 24.3 Å². The third-order valence-electron chi connectivity index (χ3n) is 2.94. The fraction of sp³-hybridized carbons (Fsp3) is 0.533. The van der Waals surface area contributed by atoms with Gasteiger partial charge in [-0.25, -0.2) is 0 Å². The molecule has 0 aromatic heterocycles. The lowest BCUT2D eigenvalue weighted by molar-refractivity contribution is 0.0951. The Labute approximate surface area is 120 Å². The minimum Gasteiger partial charge on any atom is -0.489 e. The standard InChI is InChI=1S/C15H22N2O3/c1-3-13(10-19-2)17-9-14(18)11-20-15-7-5-4-6-12(15)8-16/h4-7,13-14,17-18H,3,9-11H2,1-2H3. The number of benzene rings is 1. The van der Waals surface area contributed by atoms with E-state index in [0.717, 1.165) is 6.42 Å². The van der Waals surface area contributed by atoms with Gasteiger partial charge in [0.05, 0.1) is 12.2 Å². The van der Waals surface area contributed by atoms with E-state index in [4.69, 9.17) is 14.7 Å². The van der Waals surface area contributed by atoms with E-state index in [0.29, 0.717) is 24.5 Å². The first-order chi connectivity index (χ1) is 9.71. The number of nitrogens with one attached hydrogen (secondary N) is 1. The molecule has 0 saturated heterocycles. The van der Waals surface area contributed by atoms with Gasteiger partial charge in [-0.05, 0) is 18.6 Å². The van der Waals surface area contributed by atoms with E-state index in [1.807, 2.05) is 0 Å². The molecule has 0 aliphatic carbocycles. The van der Waals surface area contributed by atoms with Gasteiger partial charge in [-0.3, -0.25) is 0 Å². The van der Waals surface area contributed by atoms with Crippen molar-refractivity contribution in [2.75, 3.05) is 26.9 Å². The molecule has 0 amide bonds. The summed E-state index contributed by atoms with van der Waals surface area (Å²) in [5, 5.41) is 22.0. The molecule has 1 rings (SSSR count). The van der Waals surface area contributed by atoms with Gasteiger partial charge in [0, 0.05) is 19.7 Å². The summed E-state index contributed by atoms with van der Waals surface area (Å²) in [6.45, 7) is 3.25. The maximum absolute atomic E-state index is 9.88. The van der Waals surface area contributed by atoms with Gasteiger partial charge in [0.25, 0.3) is 0 Å². The van der Waals surface area contributed by atoms with Crippen molar-refractivity contribution in [2.45, 2.75) is 25.5 Å². The fourth-order valence-corrected chi connectivity index (χ4v) is 1.75. The Morgan fingerprint density at radius 2 is 2.10 bits per heavy atom. The van der Waals surface area contributed by atoms with Gasteiger partial charge in [0.1, 0.15) is 24.5 Å². The fourth-order valence-electron chi connectivity index (χ4n) is 1.75. The zero-order valence-electron chi connectivity index (χ0n) is 12.0. The van der Waals surface area contributed by atoms with Gasteiger partial charge in [0.15, 0.2) is 0 Å². The number of hydrogen-bond donors (Lipinski definition) is 2. The predicted molar refractivity (Wildman–Crippen MR) is 76.6 cm³/mol. The average molecular weight is 278 g/mol. The van der Waals surface area contributed by atoms with Crippen LogP contribution >= 0.6 is 0 Å². The Hall–Kier alpha value is -1.61. The van der Waals surface area contributed by atoms with E-state index in [1.54, 1.807) is 31.4 Å². The first kappa shape index (κ1) is 16.4. The molecule has 0 spiro atoms. The number of aliphatic hydroxyl groups is 1. The van der Waals surface area contributed by atoms with Crippen LogP contribution in [-0.2, 0) is 4.74 Å². The van der Waals surface area contributed by atoms with Crippen molar-refractivity contribution in [1.29, 1.82) is 5.26 Å². The summed E-state index contributed by atoms with van der Waals surface area (Å²) in [6, 6.07) is 9.26. The largest absolute Gasteiger partial charge is 0.489 e. The molecule has 5 nitrogen and oxygen atoms in total. The third-order valence-corrected chi connectivity index (χ3v) is 2.94. The van der Waals surface area contributed by atoms with Crippen molar-refractivity contribution in [3.05, 3.63) is 29.8 Å². The predicted octanol–water partition coefficient (Wildman–Crippen LogP) is 1.31. The smallest absolute Gasteiger partial charge is 0.137 e. The van der Waals surface area contributed by atoms with E-state index in [9.17, 15) is 5.11 Å². The van der Waals surface area contributed by atoms with Crippen LogP contribution in [0.1, 0.15) is 18.9 Å². The molecule has 2 unspecified atom stereocenters. The number of ether oxygens (including phenoxy) is 2. The molecule has 0 bridgehead atoms. The first-order valence-electron chi connectivity index (χ1n) is 6.73. The zero-order chi connectivity index (χ0) is 14.8. The molecule has 0 fully saturated rings.